The van der Waals surface area contributed by atoms with E-state index in [-0.39, 0.29) is 0 Å². The van der Waals surface area contributed by atoms with Crippen molar-refractivity contribution in [3.05, 3.63) is 47.0 Å². The fraction of sp³-hybridized carbons (Fsp3) is 0.529. The third-order valence-corrected chi connectivity index (χ3v) is 3.47. The number of rotatable bonds is 7. The average molecular weight is 245 g/mol. The molecule has 0 fully saturated rings. The largest absolute Gasteiger partial charge is 0.314 e. The van der Waals surface area contributed by atoms with Crippen LogP contribution in [0, 0.1) is 13.8 Å². The zero-order valence-electron chi connectivity index (χ0n) is 12.3. The molecule has 1 N–H and O–H groups in total. The Balaban J connectivity index is 2.63. The van der Waals surface area contributed by atoms with Crippen molar-refractivity contribution in [2.24, 2.45) is 0 Å². The van der Waals surface area contributed by atoms with E-state index < -0.39 is 0 Å². The first-order valence-electron chi connectivity index (χ1n) is 6.96. The van der Waals surface area contributed by atoms with E-state index in [4.69, 9.17) is 0 Å². The number of aryl methyl sites for hydroxylation is 2. The molecule has 0 radical (unpaired) electrons. The molecule has 1 heteroatoms. The summed E-state index contributed by atoms with van der Waals surface area (Å²) in [6, 6.07) is 7.37. The van der Waals surface area contributed by atoms with Crippen molar-refractivity contribution < 1.29 is 0 Å². The molecule has 1 aromatic rings. The molecule has 0 aliphatic heterocycles. The Morgan fingerprint density at radius 3 is 2.56 bits per heavy atom. The highest BCUT2D eigenvalue weighted by Gasteiger charge is 2.08. The topological polar surface area (TPSA) is 12.0 Å². The zero-order chi connectivity index (χ0) is 13.5. The van der Waals surface area contributed by atoms with Gasteiger partial charge in [-0.2, -0.15) is 0 Å². The Bertz CT molecular complexity index is 393. The lowest BCUT2D eigenvalue weighted by Crippen LogP contribution is -2.31. The second kappa shape index (κ2) is 7.38. The molecule has 0 saturated carbocycles. The maximum atomic E-state index is 3.99. The molecule has 0 aliphatic rings. The van der Waals surface area contributed by atoms with E-state index in [1.807, 2.05) is 0 Å². The summed E-state index contributed by atoms with van der Waals surface area (Å²) in [5.41, 5.74) is 5.48. The lowest BCUT2D eigenvalue weighted by Gasteiger charge is -2.18. The highest BCUT2D eigenvalue weighted by atomic mass is 14.9. The van der Waals surface area contributed by atoms with E-state index in [0.717, 1.165) is 19.4 Å². The molecule has 1 atom stereocenters. The minimum Gasteiger partial charge on any atom is -0.314 e. The third kappa shape index (κ3) is 5.05. The summed E-state index contributed by atoms with van der Waals surface area (Å²) in [4.78, 5) is 0. The van der Waals surface area contributed by atoms with Gasteiger partial charge < -0.3 is 5.32 Å². The number of allylic oxidation sites excluding steroid dienone is 1. The molecule has 18 heavy (non-hydrogen) atoms. The fourth-order valence-electron chi connectivity index (χ4n) is 2.20. The van der Waals surface area contributed by atoms with Gasteiger partial charge in [0, 0.05) is 6.04 Å². The maximum Gasteiger partial charge on any atom is 0.0110 e. The van der Waals surface area contributed by atoms with Gasteiger partial charge in [-0.15, -0.1) is 6.58 Å². The first-order chi connectivity index (χ1) is 8.52. The van der Waals surface area contributed by atoms with Gasteiger partial charge in [-0.3, -0.25) is 0 Å². The van der Waals surface area contributed by atoms with Crippen LogP contribution in [0.15, 0.2) is 30.4 Å². The third-order valence-electron chi connectivity index (χ3n) is 3.47. The summed E-state index contributed by atoms with van der Waals surface area (Å²) in [6.45, 7) is 13.7. The van der Waals surface area contributed by atoms with Crippen LogP contribution in [0.5, 0.6) is 0 Å². The molecule has 0 aliphatic carbocycles. The summed E-state index contributed by atoms with van der Waals surface area (Å²) in [5, 5.41) is 3.58. The number of nitrogens with one attached hydrogen (secondary N) is 1. The van der Waals surface area contributed by atoms with Crippen LogP contribution in [0.4, 0.5) is 0 Å². The van der Waals surface area contributed by atoms with Crippen LogP contribution in [0.25, 0.3) is 0 Å². The van der Waals surface area contributed by atoms with Crippen LogP contribution in [-0.4, -0.2) is 12.6 Å². The Morgan fingerprint density at radius 1 is 1.28 bits per heavy atom. The number of hydrogen-bond acceptors (Lipinski definition) is 1. The van der Waals surface area contributed by atoms with Gasteiger partial charge in [0.05, 0.1) is 0 Å². The molecule has 1 aromatic carbocycles. The Kier molecular flexibility index (Phi) is 6.14. The first-order valence-corrected chi connectivity index (χ1v) is 6.96. The average Bonchev–Trinajstić information content (AvgIpc) is 2.31. The molecule has 100 valence electrons. The van der Waals surface area contributed by atoms with Gasteiger partial charge in [-0.1, -0.05) is 30.7 Å². The lowest BCUT2D eigenvalue weighted by molar-refractivity contribution is 0.490. The van der Waals surface area contributed by atoms with Crippen molar-refractivity contribution in [1.82, 2.24) is 5.32 Å². The van der Waals surface area contributed by atoms with Crippen molar-refractivity contribution in [2.75, 3.05) is 6.54 Å². The molecule has 0 spiro atoms. The number of hydrogen-bond donors (Lipinski definition) is 1. The van der Waals surface area contributed by atoms with E-state index in [2.05, 4.69) is 57.8 Å². The van der Waals surface area contributed by atoms with E-state index >= 15 is 0 Å². The van der Waals surface area contributed by atoms with Crippen LogP contribution in [-0.2, 0) is 6.42 Å². The van der Waals surface area contributed by atoms with E-state index in [1.54, 1.807) is 0 Å². The van der Waals surface area contributed by atoms with Gasteiger partial charge in [-0.05, 0) is 63.3 Å². The molecule has 0 bridgehead atoms. The molecule has 1 rings (SSSR count). The molecule has 1 nitrogen and oxygen atoms in total. The van der Waals surface area contributed by atoms with Crippen LogP contribution >= 0.6 is 0 Å². The second-order valence-corrected chi connectivity index (χ2v) is 5.37. The minimum absolute atomic E-state index is 0.564. The Morgan fingerprint density at radius 2 is 2.00 bits per heavy atom. The molecule has 0 heterocycles. The second-order valence-electron chi connectivity index (χ2n) is 5.37. The van der Waals surface area contributed by atoms with Crippen molar-refractivity contribution >= 4 is 0 Å². The maximum absolute atomic E-state index is 3.99. The molecular formula is C17H27N. The minimum atomic E-state index is 0.564. The van der Waals surface area contributed by atoms with Crippen LogP contribution in [0.2, 0.25) is 0 Å². The van der Waals surface area contributed by atoms with Gasteiger partial charge in [0.1, 0.15) is 0 Å². The van der Waals surface area contributed by atoms with E-state index in [1.165, 1.54) is 28.7 Å². The molecule has 0 saturated heterocycles. The Hall–Kier alpha value is -1.08. The van der Waals surface area contributed by atoms with Crippen molar-refractivity contribution in [1.29, 1.82) is 0 Å². The monoisotopic (exact) mass is 245 g/mol. The summed E-state index contributed by atoms with van der Waals surface area (Å²) in [6.07, 6.45) is 3.40. The SMILES string of the molecule is C=C(C)CCC(Cc1ccc(C)c(C)c1)NCC. The first kappa shape index (κ1) is 15.0. The van der Waals surface area contributed by atoms with Crippen LogP contribution < -0.4 is 5.32 Å². The Labute approximate surface area is 112 Å². The summed E-state index contributed by atoms with van der Waals surface area (Å²) in [7, 11) is 0. The zero-order valence-corrected chi connectivity index (χ0v) is 12.3. The smallest absolute Gasteiger partial charge is 0.0110 e. The summed E-state index contributed by atoms with van der Waals surface area (Å²) in [5.74, 6) is 0. The van der Waals surface area contributed by atoms with E-state index in [0.29, 0.717) is 6.04 Å². The normalized spacial score (nSPS) is 12.4. The van der Waals surface area contributed by atoms with Crippen molar-refractivity contribution in [3.8, 4) is 0 Å². The number of likely N-dealkylation sites (N-methyl/N-ethyl adjacent to an activating group) is 1. The van der Waals surface area contributed by atoms with Crippen molar-refractivity contribution in [3.63, 3.8) is 0 Å². The predicted molar refractivity (Wildman–Crippen MR) is 81.1 cm³/mol. The fourth-order valence-corrected chi connectivity index (χ4v) is 2.20. The lowest BCUT2D eigenvalue weighted by atomic mass is 9.97. The van der Waals surface area contributed by atoms with Crippen LogP contribution in [0.3, 0.4) is 0 Å². The molecule has 0 aromatic heterocycles. The van der Waals surface area contributed by atoms with Gasteiger partial charge in [0.15, 0.2) is 0 Å². The van der Waals surface area contributed by atoms with E-state index in [9.17, 15) is 0 Å². The van der Waals surface area contributed by atoms with Gasteiger partial charge >= 0.3 is 0 Å². The highest BCUT2D eigenvalue weighted by molar-refractivity contribution is 5.30. The standard InChI is InChI=1S/C17H27N/c1-6-18-17(10-7-13(2)3)12-16-9-8-14(4)15(5)11-16/h8-9,11,17-18H,2,6-7,10,12H2,1,3-5H3. The summed E-state index contributed by atoms with van der Waals surface area (Å²) < 4.78 is 0. The highest BCUT2D eigenvalue weighted by Crippen LogP contribution is 2.14. The summed E-state index contributed by atoms with van der Waals surface area (Å²) >= 11 is 0. The predicted octanol–water partition coefficient (Wildman–Crippen LogP) is 4.18. The van der Waals surface area contributed by atoms with Crippen LogP contribution in [0.1, 0.15) is 43.4 Å². The van der Waals surface area contributed by atoms with Gasteiger partial charge in [0.2, 0.25) is 0 Å². The molecular weight excluding hydrogens is 218 g/mol. The van der Waals surface area contributed by atoms with Gasteiger partial charge in [-0.25, -0.2) is 0 Å². The van der Waals surface area contributed by atoms with Crippen molar-refractivity contribution in [2.45, 2.75) is 53.0 Å². The molecule has 1 unspecified atom stereocenters. The van der Waals surface area contributed by atoms with Gasteiger partial charge in [0.25, 0.3) is 0 Å². The molecule has 0 amide bonds. The number of benzene rings is 1. The quantitative estimate of drug-likeness (QED) is 0.711.